The van der Waals surface area contributed by atoms with Gasteiger partial charge < -0.3 is 9.84 Å². The Hall–Kier alpha value is -2.66. The molecule has 0 aliphatic carbocycles. The minimum atomic E-state index is -0.106. The average molecular weight is 342 g/mol. The Labute approximate surface area is 144 Å². The number of nitrogens with zero attached hydrogens (tertiary/aromatic N) is 2. The second-order valence-electron chi connectivity index (χ2n) is 5.34. The summed E-state index contributed by atoms with van der Waals surface area (Å²) >= 11 is 5.86. The third-order valence-corrected chi connectivity index (χ3v) is 3.84. The third kappa shape index (κ3) is 3.81. The summed E-state index contributed by atoms with van der Waals surface area (Å²) in [5, 5.41) is 7.46. The minimum absolute atomic E-state index is 0.106. The molecule has 0 aliphatic heterocycles. The Kier molecular flexibility index (Phi) is 4.91. The summed E-state index contributed by atoms with van der Waals surface area (Å²) in [6.07, 6.45) is 0.470. The van der Waals surface area contributed by atoms with Crippen molar-refractivity contribution in [1.29, 1.82) is 0 Å². The van der Waals surface area contributed by atoms with Gasteiger partial charge in [-0.1, -0.05) is 35.0 Å². The first kappa shape index (κ1) is 16.2. The van der Waals surface area contributed by atoms with E-state index in [2.05, 4.69) is 15.5 Å². The van der Waals surface area contributed by atoms with Gasteiger partial charge >= 0.3 is 0 Å². The molecule has 1 aromatic heterocycles. The maximum absolute atomic E-state index is 12.1. The first-order valence-corrected chi connectivity index (χ1v) is 7.93. The van der Waals surface area contributed by atoms with Gasteiger partial charge in [0.1, 0.15) is 0 Å². The van der Waals surface area contributed by atoms with Crippen LogP contribution in [0.1, 0.15) is 21.8 Å². The topological polar surface area (TPSA) is 68.0 Å². The van der Waals surface area contributed by atoms with Crippen LogP contribution in [-0.2, 0) is 6.42 Å². The molecule has 1 N–H and O–H groups in total. The highest BCUT2D eigenvalue weighted by molar-refractivity contribution is 6.30. The van der Waals surface area contributed by atoms with Crippen LogP contribution in [0, 0.1) is 6.92 Å². The molecule has 0 radical (unpaired) electrons. The molecule has 0 fully saturated rings. The number of halogens is 1. The van der Waals surface area contributed by atoms with Crippen LogP contribution >= 0.6 is 11.6 Å². The first-order chi connectivity index (χ1) is 11.6. The number of nitrogens with one attached hydrogen (secondary N) is 1. The smallest absolute Gasteiger partial charge is 0.251 e. The number of carbonyl (C=O) groups excluding carboxylic acids is 1. The summed E-state index contributed by atoms with van der Waals surface area (Å²) in [6.45, 7) is 2.33. The van der Waals surface area contributed by atoms with E-state index in [0.29, 0.717) is 35.3 Å². The lowest BCUT2D eigenvalue weighted by molar-refractivity contribution is 0.0953. The van der Waals surface area contributed by atoms with Gasteiger partial charge in [0.05, 0.1) is 0 Å². The third-order valence-electron chi connectivity index (χ3n) is 3.58. The van der Waals surface area contributed by atoms with E-state index in [1.807, 2.05) is 37.3 Å². The van der Waals surface area contributed by atoms with Crippen molar-refractivity contribution in [2.24, 2.45) is 0 Å². The van der Waals surface area contributed by atoms with E-state index in [-0.39, 0.29) is 5.91 Å². The van der Waals surface area contributed by atoms with E-state index in [1.54, 1.807) is 18.2 Å². The fourth-order valence-corrected chi connectivity index (χ4v) is 2.40. The average Bonchev–Trinajstić information content (AvgIpc) is 3.04. The Morgan fingerprint density at radius 3 is 2.67 bits per heavy atom. The zero-order valence-corrected chi connectivity index (χ0v) is 13.9. The Morgan fingerprint density at radius 2 is 1.92 bits per heavy atom. The molecule has 6 heteroatoms. The van der Waals surface area contributed by atoms with Crippen LogP contribution in [0.4, 0.5) is 0 Å². The predicted octanol–water partition coefficient (Wildman–Crippen LogP) is 3.67. The highest BCUT2D eigenvalue weighted by Crippen LogP contribution is 2.18. The number of aromatic nitrogens is 2. The number of hydrogen-bond donors (Lipinski definition) is 1. The number of hydrogen-bond acceptors (Lipinski definition) is 4. The van der Waals surface area contributed by atoms with Crippen LogP contribution in [0.15, 0.2) is 53.1 Å². The van der Waals surface area contributed by atoms with Gasteiger partial charge in [0, 0.05) is 29.1 Å². The van der Waals surface area contributed by atoms with E-state index in [1.165, 1.54) is 0 Å². The van der Waals surface area contributed by atoms with Crippen molar-refractivity contribution in [3.05, 3.63) is 70.6 Å². The monoisotopic (exact) mass is 341 g/mol. The predicted molar refractivity (Wildman–Crippen MR) is 92.0 cm³/mol. The first-order valence-electron chi connectivity index (χ1n) is 7.56. The number of rotatable bonds is 5. The molecule has 1 heterocycles. The van der Waals surface area contributed by atoms with Crippen LogP contribution < -0.4 is 5.32 Å². The molecule has 1 amide bonds. The van der Waals surface area contributed by atoms with E-state index in [9.17, 15) is 4.79 Å². The fourth-order valence-electron chi connectivity index (χ4n) is 2.28. The van der Waals surface area contributed by atoms with E-state index in [0.717, 1.165) is 11.1 Å². The Balaban J connectivity index is 1.57. The van der Waals surface area contributed by atoms with Gasteiger partial charge in [0.2, 0.25) is 11.7 Å². The lowest BCUT2D eigenvalue weighted by Gasteiger charge is -2.05. The summed E-state index contributed by atoms with van der Waals surface area (Å²) < 4.78 is 5.22. The van der Waals surface area contributed by atoms with Crippen molar-refractivity contribution in [2.45, 2.75) is 13.3 Å². The maximum atomic E-state index is 12.1. The molecule has 24 heavy (non-hydrogen) atoms. The number of amides is 1. The molecule has 0 saturated heterocycles. The van der Waals surface area contributed by atoms with Gasteiger partial charge in [0.15, 0.2) is 0 Å². The van der Waals surface area contributed by atoms with E-state index in [4.69, 9.17) is 16.1 Å². The van der Waals surface area contributed by atoms with Gasteiger partial charge in [-0.3, -0.25) is 4.79 Å². The SMILES string of the molecule is Cc1ccccc1C(=O)NCCc1nc(-c2ccc(Cl)cc2)no1. The standard InChI is InChI=1S/C18H16ClN3O2/c1-12-4-2-3-5-15(12)18(23)20-11-10-16-21-17(22-24-16)13-6-8-14(19)9-7-13/h2-9H,10-11H2,1H3,(H,20,23). The zero-order chi connectivity index (χ0) is 16.9. The van der Waals surface area contributed by atoms with Crippen LogP contribution in [0.25, 0.3) is 11.4 Å². The largest absolute Gasteiger partial charge is 0.352 e. The van der Waals surface area contributed by atoms with Gasteiger partial charge in [-0.2, -0.15) is 4.98 Å². The molecule has 0 spiro atoms. The van der Waals surface area contributed by atoms with Crippen LogP contribution in [0.2, 0.25) is 5.02 Å². The highest BCUT2D eigenvalue weighted by atomic mass is 35.5. The summed E-state index contributed by atoms with van der Waals surface area (Å²) in [5.41, 5.74) is 2.45. The normalized spacial score (nSPS) is 10.6. The summed E-state index contributed by atoms with van der Waals surface area (Å²) in [7, 11) is 0. The molecule has 3 rings (SSSR count). The minimum Gasteiger partial charge on any atom is -0.352 e. The van der Waals surface area contributed by atoms with Gasteiger partial charge in [0.25, 0.3) is 5.91 Å². The Morgan fingerprint density at radius 1 is 1.17 bits per heavy atom. The van der Waals surface area contributed by atoms with Gasteiger partial charge in [-0.05, 0) is 42.8 Å². The second-order valence-corrected chi connectivity index (χ2v) is 5.78. The highest BCUT2D eigenvalue weighted by Gasteiger charge is 2.11. The van der Waals surface area contributed by atoms with Crippen molar-refractivity contribution < 1.29 is 9.32 Å². The van der Waals surface area contributed by atoms with Crippen molar-refractivity contribution in [2.75, 3.05) is 6.54 Å². The Bertz CT molecular complexity index is 843. The second kappa shape index (κ2) is 7.27. The fraction of sp³-hybridized carbons (Fsp3) is 0.167. The number of carbonyl (C=O) groups is 1. The molecule has 2 aromatic carbocycles. The lowest BCUT2D eigenvalue weighted by atomic mass is 10.1. The molecular weight excluding hydrogens is 326 g/mol. The maximum Gasteiger partial charge on any atom is 0.251 e. The molecule has 0 aliphatic rings. The molecule has 0 unspecified atom stereocenters. The van der Waals surface area contributed by atoms with Crippen LogP contribution in [0.5, 0.6) is 0 Å². The quantitative estimate of drug-likeness (QED) is 0.768. The summed E-state index contributed by atoms with van der Waals surface area (Å²) in [5.74, 6) is 0.877. The summed E-state index contributed by atoms with van der Waals surface area (Å²) in [6, 6.07) is 14.7. The lowest BCUT2D eigenvalue weighted by Crippen LogP contribution is -2.26. The van der Waals surface area contributed by atoms with Crippen molar-refractivity contribution in [3.8, 4) is 11.4 Å². The summed E-state index contributed by atoms with van der Waals surface area (Å²) in [4.78, 5) is 16.4. The van der Waals surface area contributed by atoms with Gasteiger partial charge in [-0.15, -0.1) is 0 Å². The van der Waals surface area contributed by atoms with Crippen molar-refractivity contribution in [1.82, 2.24) is 15.5 Å². The molecule has 122 valence electrons. The van der Waals surface area contributed by atoms with Crippen LogP contribution in [-0.4, -0.2) is 22.6 Å². The molecular formula is C18H16ClN3O2. The number of benzene rings is 2. The van der Waals surface area contributed by atoms with E-state index < -0.39 is 0 Å². The van der Waals surface area contributed by atoms with E-state index >= 15 is 0 Å². The zero-order valence-electron chi connectivity index (χ0n) is 13.1. The van der Waals surface area contributed by atoms with Gasteiger partial charge in [-0.25, -0.2) is 0 Å². The number of aryl methyl sites for hydroxylation is 1. The molecule has 0 saturated carbocycles. The van der Waals surface area contributed by atoms with Crippen LogP contribution in [0.3, 0.4) is 0 Å². The molecule has 0 bridgehead atoms. The van der Waals surface area contributed by atoms with Crippen molar-refractivity contribution >= 4 is 17.5 Å². The van der Waals surface area contributed by atoms with Crippen molar-refractivity contribution in [3.63, 3.8) is 0 Å². The molecule has 3 aromatic rings. The molecule has 0 atom stereocenters. The molecule has 5 nitrogen and oxygen atoms in total.